The van der Waals surface area contributed by atoms with Crippen LogP contribution in [0.4, 0.5) is 0 Å². The second kappa shape index (κ2) is 39.7. The zero-order valence-electron chi connectivity index (χ0n) is 35.1. The van der Waals surface area contributed by atoms with Crippen molar-refractivity contribution >= 4 is 19.8 Å². The number of phosphoric acid groups is 1. The molecular weight excluding hydrogens is 713 g/mol. The van der Waals surface area contributed by atoms with Crippen LogP contribution in [-0.2, 0) is 32.7 Å². The molecule has 0 saturated heterocycles. The molecule has 10 heteroatoms. The Hall–Kier alpha value is -2.55. The van der Waals surface area contributed by atoms with E-state index in [0.29, 0.717) is 19.4 Å². The summed E-state index contributed by atoms with van der Waals surface area (Å²) < 4.78 is 33.3. The minimum Gasteiger partial charge on any atom is -0.462 e. The third-order valence-electron chi connectivity index (χ3n) is 8.50. The van der Waals surface area contributed by atoms with Gasteiger partial charge in [-0.25, -0.2) is 4.57 Å². The molecule has 0 fully saturated rings. The van der Waals surface area contributed by atoms with E-state index in [9.17, 15) is 19.0 Å². The van der Waals surface area contributed by atoms with Gasteiger partial charge in [0.2, 0.25) is 0 Å². The van der Waals surface area contributed by atoms with Gasteiger partial charge in [0.05, 0.1) is 13.2 Å². The van der Waals surface area contributed by atoms with E-state index in [0.717, 1.165) is 64.2 Å². The number of ether oxygens (including phenoxy) is 2. The molecular formula is C45H78NO8P. The number of allylic oxidation sites excluding steroid dienone is 12. The monoisotopic (exact) mass is 792 g/mol. The Labute approximate surface area is 336 Å². The van der Waals surface area contributed by atoms with Gasteiger partial charge in [-0.3, -0.25) is 18.6 Å². The molecule has 0 spiro atoms. The predicted molar refractivity (Wildman–Crippen MR) is 229 cm³/mol. The van der Waals surface area contributed by atoms with Crippen molar-refractivity contribution in [1.29, 1.82) is 0 Å². The van der Waals surface area contributed by atoms with E-state index < -0.39 is 32.5 Å². The highest BCUT2D eigenvalue weighted by Crippen LogP contribution is 2.43. The van der Waals surface area contributed by atoms with Crippen LogP contribution in [-0.4, -0.2) is 68.3 Å². The topological polar surface area (TPSA) is 112 Å². The van der Waals surface area contributed by atoms with Crippen LogP contribution in [0.25, 0.3) is 0 Å². The number of rotatable bonds is 38. The lowest BCUT2D eigenvalue weighted by atomic mass is 10.1. The van der Waals surface area contributed by atoms with Crippen molar-refractivity contribution in [2.75, 3.05) is 40.5 Å². The van der Waals surface area contributed by atoms with Crippen molar-refractivity contribution in [3.8, 4) is 0 Å². The molecule has 0 radical (unpaired) electrons. The predicted octanol–water partition coefficient (Wildman–Crippen LogP) is 12.1. The normalized spacial score (nSPS) is 14.1. The van der Waals surface area contributed by atoms with Gasteiger partial charge in [0.1, 0.15) is 6.61 Å². The molecule has 0 bridgehead atoms. The van der Waals surface area contributed by atoms with Gasteiger partial charge < -0.3 is 19.3 Å². The average Bonchev–Trinajstić information content (AvgIpc) is 3.15. The van der Waals surface area contributed by atoms with Gasteiger partial charge in [-0.15, -0.1) is 0 Å². The molecule has 0 aromatic rings. The van der Waals surface area contributed by atoms with Crippen molar-refractivity contribution in [3.05, 3.63) is 72.9 Å². The maximum Gasteiger partial charge on any atom is 0.472 e. The highest BCUT2D eigenvalue weighted by Gasteiger charge is 2.26. The molecule has 9 nitrogen and oxygen atoms in total. The van der Waals surface area contributed by atoms with Gasteiger partial charge in [-0.2, -0.15) is 0 Å². The smallest absolute Gasteiger partial charge is 0.462 e. The van der Waals surface area contributed by atoms with E-state index in [1.807, 2.05) is 26.2 Å². The van der Waals surface area contributed by atoms with Crippen molar-refractivity contribution in [2.45, 2.75) is 161 Å². The van der Waals surface area contributed by atoms with Gasteiger partial charge in [0, 0.05) is 19.4 Å². The van der Waals surface area contributed by atoms with Crippen LogP contribution in [0.2, 0.25) is 0 Å². The SMILES string of the molecule is CCCCC/C=C\C/C=C\C/C=C\C/C=C\C/C=C\CCC(=O)OCC(COP(=O)(O)OCCN(C)C)OC(=O)CCCCCCC/C=C\CCCCCC. The molecule has 0 amide bonds. The number of carbonyl (C=O) groups excluding carboxylic acids is 2. The van der Waals surface area contributed by atoms with E-state index in [1.54, 1.807) is 4.90 Å². The average molecular weight is 792 g/mol. The minimum atomic E-state index is -4.38. The lowest BCUT2D eigenvalue weighted by molar-refractivity contribution is -0.161. The van der Waals surface area contributed by atoms with Crippen LogP contribution in [0.15, 0.2) is 72.9 Å². The number of phosphoric ester groups is 1. The van der Waals surface area contributed by atoms with Crippen molar-refractivity contribution in [1.82, 2.24) is 4.90 Å². The van der Waals surface area contributed by atoms with Gasteiger partial charge >= 0.3 is 19.8 Å². The maximum absolute atomic E-state index is 12.6. The lowest BCUT2D eigenvalue weighted by Crippen LogP contribution is -2.29. The fraction of sp³-hybridized carbons (Fsp3) is 0.689. The molecule has 2 atom stereocenters. The Morgan fingerprint density at radius 3 is 1.58 bits per heavy atom. The van der Waals surface area contributed by atoms with Crippen LogP contribution >= 0.6 is 7.82 Å². The zero-order valence-corrected chi connectivity index (χ0v) is 36.0. The highest BCUT2D eigenvalue weighted by atomic mass is 31.2. The van der Waals surface area contributed by atoms with Gasteiger partial charge in [-0.1, -0.05) is 138 Å². The first-order chi connectivity index (χ1) is 26.7. The summed E-state index contributed by atoms with van der Waals surface area (Å²) in [5.41, 5.74) is 0. The molecule has 0 heterocycles. The van der Waals surface area contributed by atoms with Crippen LogP contribution in [0.3, 0.4) is 0 Å². The summed E-state index contributed by atoms with van der Waals surface area (Å²) in [7, 11) is -0.753. The number of carbonyl (C=O) groups is 2. The second-order valence-electron chi connectivity index (χ2n) is 14.2. The number of nitrogens with zero attached hydrogens (tertiary/aromatic N) is 1. The maximum atomic E-state index is 12.6. The van der Waals surface area contributed by atoms with Crippen LogP contribution in [0.5, 0.6) is 0 Å². The molecule has 1 N–H and O–H groups in total. The first-order valence-electron chi connectivity index (χ1n) is 21.2. The first-order valence-corrected chi connectivity index (χ1v) is 22.7. The Balaban J connectivity index is 4.45. The van der Waals surface area contributed by atoms with E-state index in [4.69, 9.17) is 18.5 Å². The summed E-state index contributed by atoms with van der Waals surface area (Å²) in [6, 6.07) is 0. The van der Waals surface area contributed by atoms with E-state index in [1.165, 1.54) is 51.4 Å². The van der Waals surface area contributed by atoms with Crippen LogP contribution < -0.4 is 0 Å². The second-order valence-corrected chi connectivity index (χ2v) is 15.6. The highest BCUT2D eigenvalue weighted by molar-refractivity contribution is 7.47. The quantitative estimate of drug-likeness (QED) is 0.0283. The third kappa shape index (κ3) is 40.9. The zero-order chi connectivity index (χ0) is 40.5. The Morgan fingerprint density at radius 2 is 1.02 bits per heavy atom. The van der Waals surface area contributed by atoms with Crippen LogP contribution in [0.1, 0.15) is 155 Å². The molecule has 0 saturated carbocycles. The molecule has 0 aromatic carbocycles. The van der Waals surface area contributed by atoms with Gasteiger partial charge in [0.15, 0.2) is 6.10 Å². The van der Waals surface area contributed by atoms with Crippen LogP contribution in [0, 0.1) is 0 Å². The summed E-state index contributed by atoms with van der Waals surface area (Å²) in [5.74, 6) is -0.916. The minimum absolute atomic E-state index is 0.00845. The molecule has 55 heavy (non-hydrogen) atoms. The van der Waals surface area contributed by atoms with Crippen molar-refractivity contribution in [2.24, 2.45) is 0 Å². The molecule has 0 rings (SSSR count). The summed E-state index contributed by atoms with van der Waals surface area (Å²) in [6.07, 6.45) is 46.7. The molecule has 2 unspecified atom stereocenters. The Morgan fingerprint density at radius 1 is 0.564 bits per heavy atom. The third-order valence-corrected chi connectivity index (χ3v) is 9.48. The molecule has 316 valence electrons. The molecule has 0 aliphatic rings. The van der Waals surface area contributed by atoms with Gasteiger partial charge in [-0.05, 0) is 91.1 Å². The summed E-state index contributed by atoms with van der Waals surface area (Å²) in [6.45, 7) is 4.16. The standard InChI is InChI=1S/C45H78NO8P/c1-5-7-9-11-13-15-17-19-20-21-22-23-24-26-27-29-31-33-35-37-44(47)51-41-43(42-53-55(49,50)52-40-39-46(3)4)54-45(48)38-36-34-32-30-28-25-18-16-14-12-10-8-6-2/h13,15-16,18-20,22-23,26-27,31,33,43H,5-12,14,17,21,24-25,28-30,32,34-42H2,1-4H3,(H,49,50)/b15-13-,18-16-,20-19-,23-22-,27-26-,33-31-. The van der Waals surface area contributed by atoms with E-state index >= 15 is 0 Å². The number of likely N-dealkylation sites (N-methyl/N-ethyl adjacent to an activating group) is 1. The van der Waals surface area contributed by atoms with E-state index in [-0.39, 0.29) is 26.1 Å². The fourth-order valence-electron chi connectivity index (χ4n) is 5.19. The fourth-order valence-corrected chi connectivity index (χ4v) is 5.93. The lowest BCUT2D eigenvalue weighted by Gasteiger charge is -2.20. The number of unbranched alkanes of at least 4 members (excludes halogenated alkanes) is 12. The molecule has 0 aromatic heterocycles. The first kappa shape index (κ1) is 52.5. The number of esters is 2. The van der Waals surface area contributed by atoms with Gasteiger partial charge in [0.25, 0.3) is 0 Å². The summed E-state index contributed by atoms with van der Waals surface area (Å²) in [4.78, 5) is 36.9. The number of hydrogen-bond donors (Lipinski definition) is 1. The Kier molecular flexibility index (Phi) is 37.8. The van der Waals surface area contributed by atoms with Crippen molar-refractivity contribution < 1.29 is 37.6 Å². The largest absolute Gasteiger partial charge is 0.472 e. The van der Waals surface area contributed by atoms with E-state index in [2.05, 4.69) is 74.6 Å². The van der Waals surface area contributed by atoms with Crippen molar-refractivity contribution in [3.63, 3.8) is 0 Å². The Bertz CT molecular complexity index is 1140. The molecule has 0 aliphatic heterocycles. The summed E-state index contributed by atoms with van der Waals surface area (Å²) >= 11 is 0. The number of hydrogen-bond acceptors (Lipinski definition) is 8. The molecule has 0 aliphatic carbocycles. The summed E-state index contributed by atoms with van der Waals surface area (Å²) in [5, 5.41) is 0.